The van der Waals surface area contributed by atoms with Crippen LogP contribution in [-0.4, -0.2) is 28.5 Å². The zero-order valence-corrected chi connectivity index (χ0v) is 19.5. The summed E-state index contributed by atoms with van der Waals surface area (Å²) < 4.78 is 16.5. The first-order valence-electron chi connectivity index (χ1n) is 11.5. The topological polar surface area (TPSA) is 50.2 Å². The van der Waals surface area contributed by atoms with Crippen molar-refractivity contribution in [2.75, 3.05) is 18.0 Å². The number of benzene rings is 3. The van der Waals surface area contributed by atoms with Crippen LogP contribution in [0.15, 0.2) is 72.8 Å². The zero-order chi connectivity index (χ0) is 23.5. The van der Waals surface area contributed by atoms with Crippen LogP contribution in [0.5, 0.6) is 0 Å². The smallest absolute Gasteiger partial charge is 0.223 e. The van der Waals surface area contributed by atoms with Crippen molar-refractivity contribution >= 4 is 34.5 Å². The van der Waals surface area contributed by atoms with Gasteiger partial charge in [-0.05, 0) is 48.7 Å². The predicted molar refractivity (Wildman–Crippen MR) is 133 cm³/mol. The Morgan fingerprint density at radius 2 is 1.79 bits per heavy atom. The van der Waals surface area contributed by atoms with E-state index in [9.17, 15) is 9.18 Å². The number of nitrogens with zero attached hydrogens (tertiary/aromatic N) is 3. The highest BCUT2D eigenvalue weighted by Gasteiger charge is 2.27. The van der Waals surface area contributed by atoms with Crippen molar-refractivity contribution in [1.29, 1.82) is 0 Å². The van der Waals surface area contributed by atoms with Crippen LogP contribution in [0.25, 0.3) is 11.0 Å². The molecule has 1 fully saturated rings. The standard InChI is InChI=1S/C27H26ClFN4O/c28-22-8-5-6-19(16-22)17-30-26(34)20-12-14-32(15-13-20)27-31-24-10-3-4-11-25(24)33(27)18-21-7-1-2-9-23(21)29/h1-11,16,20H,12-15,17-18H2,(H,30,34). The number of nitrogens with one attached hydrogen (secondary N) is 1. The molecule has 0 radical (unpaired) electrons. The Balaban J connectivity index is 1.29. The minimum atomic E-state index is -0.221. The van der Waals surface area contributed by atoms with Crippen molar-refractivity contribution < 1.29 is 9.18 Å². The molecule has 0 unspecified atom stereocenters. The van der Waals surface area contributed by atoms with Gasteiger partial charge in [0.25, 0.3) is 0 Å². The molecule has 1 saturated heterocycles. The van der Waals surface area contributed by atoms with Gasteiger partial charge in [-0.1, -0.05) is 54.1 Å². The number of fused-ring (bicyclic) bond motifs is 1. The van der Waals surface area contributed by atoms with Gasteiger partial charge >= 0.3 is 0 Å². The Bertz CT molecular complexity index is 1310. The summed E-state index contributed by atoms with van der Waals surface area (Å²) >= 11 is 6.04. The lowest BCUT2D eigenvalue weighted by atomic mass is 9.96. The molecule has 1 amide bonds. The third-order valence-corrected chi connectivity index (χ3v) is 6.66. The maximum atomic E-state index is 14.4. The highest BCUT2D eigenvalue weighted by molar-refractivity contribution is 6.30. The molecule has 3 aromatic carbocycles. The Labute approximate surface area is 203 Å². The maximum absolute atomic E-state index is 14.4. The van der Waals surface area contributed by atoms with Crippen LogP contribution in [0, 0.1) is 11.7 Å². The van der Waals surface area contributed by atoms with Gasteiger partial charge in [0.2, 0.25) is 11.9 Å². The molecule has 0 bridgehead atoms. The van der Waals surface area contributed by atoms with Crippen LogP contribution >= 0.6 is 11.6 Å². The van der Waals surface area contributed by atoms with Crippen molar-refractivity contribution in [1.82, 2.24) is 14.9 Å². The average molecular weight is 477 g/mol. The van der Waals surface area contributed by atoms with E-state index in [0.717, 1.165) is 48.5 Å². The molecule has 0 atom stereocenters. The van der Waals surface area contributed by atoms with Crippen LogP contribution in [-0.2, 0) is 17.9 Å². The Kier molecular flexibility index (Phi) is 6.50. The van der Waals surface area contributed by atoms with Crippen LogP contribution in [0.2, 0.25) is 5.02 Å². The lowest BCUT2D eigenvalue weighted by molar-refractivity contribution is -0.125. The molecule has 2 heterocycles. The molecular weight excluding hydrogens is 451 g/mol. The van der Waals surface area contributed by atoms with E-state index in [2.05, 4.69) is 14.8 Å². The molecular formula is C27H26ClFN4O. The molecule has 5 nitrogen and oxygen atoms in total. The summed E-state index contributed by atoms with van der Waals surface area (Å²) in [5.74, 6) is 0.628. The number of hydrogen-bond donors (Lipinski definition) is 1. The van der Waals surface area contributed by atoms with Crippen molar-refractivity contribution in [2.24, 2.45) is 5.92 Å². The molecule has 34 heavy (non-hydrogen) atoms. The number of anilines is 1. The summed E-state index contributed by atoms with van der Waals surface area (Å²) in [4.78, 5) is 19.8. The van der Waals surface area contributed by atoms with Gasteiger partial charge in [-0.3, -0.25) is 4.79 Å². The minimum Gasteiger partial charge on any atom is -0.352 e. The van der Waals surface area contributed by atoms with Gasteiger partial charge in [-0.2, -0.15) is 0 Å². The van der Waals surface area contributed by atoms with Crippen molar-refractivity contribution in [3.8, 4) is 0 Å². The monoisotopic (exact) mass is 476 g/mol. The molecule has 0 spiro atoms. The summed E-state index contributed by atoms with van der Waals surface area (Å²) in [5.41, 5.74) is 3.47. The first-order chi connectivity index (χ1) is 16.6. The lowest BCUT2D eigenvalue weighted by Gasteiger charge is -2.32. The molecule has 5 rings (SSSR count). The molecule has 4 aromatic rings. The van der Waals surface area contributed by atoms with E-state index in [-0.39, 0.29) is 17.6 Å². The third kappa shape index (κ3) is 4.77. The van der Waals surface area contributed by atoms with Crippen LogP contribution in [0.4, 0.5) is 10.3 Å². The summed E-state index contributed by atoms with van der Waals surface area (Å²) in [6.07, 6.45) is 1.48. The fourth-order valence-corrected chi connectivity index (χ4v) is 4.79. The Morgan fingerprint density at radius 3 is 2.59 bits per heavy atom. The highest BCUT2D eigenvalue weighted by Crippen LogP contribution is 2.28. The first-order valence-corrected chi connectivity index (χ1v) is 11.9. The van der Waals surface area contributed by atoms with Gasteiger partial charge in [-0.25, -0.2) is 9.37 Å². The van der Waals surface area contributed by atoms with Crippen molar-refractivity contribution in [3.63, 3.8) is 0 Å². The number of amides is 1. The molecule has 174 valence electrons. The van der Waals surface area contributed by atoms with E-state index < -0.39 is 0 Å². The normalized spacial score (nSPS) is 14.5. The summed E-state index contributed by atoms with van der Waals surface area (Å²) in [6.45, 7) is 2.31. The predicted octanol–water partition coefficient (Wildman–Crippen LogP) is 5.41. The SMILES string of the molecule is O=C(NCc1cccc(Cl)c1)C1CCN(c2nc3ccccc3n2Cc2ccccc2F)CC1. The molecule has 1 N–H and O–H groups in total. The fraction of sp³-hybridized carbons (Fsp3) is 0.259. The quantitative estimate of drug-likeness (QED) is 0.405. The number of rotatable bonds is 6. The number of carbonyl (C=O) groups is 1. The van der Waals surface area contributed by atoms with E-state index in [0.29, 0.717) is 23.7 Å². The number of aromatic nitrogens is 2. The number of halogens is 2. The first kappa shape index (κ1) is 22.4. The minimum absolute atomic E-state index is 0.0418. The van der Waals surface area contributed by atoms with E-state index in [4.69, 9.17) is 16.6 Å². The van der Waals surface area contributed by atoms with Crippen LogP contribution in [0.1, 0.15) is 24.0 Å². The molecule has 1 aliphatic rings. The average Bonchev–Trinajstić information content (AvgIpc) is 3.22. The second-order valence-electron chi connectivity index (χ2n) is 8.69. The number of imidazole rings is 1. The van der Waals surface area contributed by atoms with E-state index in [1.165, 1.54) is 6.07 Å². The number of para-hydroxylation sites is 2. The Hall–Kier alpha value is -3.38. The number of hydrogen-bond acceptors (Lipinski definition) is 3. The fourth-order valence-electron chi connectivity index (χ4n) is 4.58. The number of carbonyl (C=O) groups excluding carboxylic acids is 1. The van der Waals surface area contributed by atoms with Crippen molar-refractivity contribution in [3.05, 3.63) is 94.8 Å². The van der Waals surface area contributed by atoms with Gasteiger partial charge in [-0.15, -0.1) is 0 Å². The van der Waals surface area contributed by atoms with Gasteiger partial charge in [0.1, 0.15) is 5.82 Å². The highest BCUT2D eigenvalue weighted by atomic mass is 35.5. The molecule has 1 aromatic heterocycles. The number of piperidine rings is 1. The second-order valence-corrected chi connectivity index (χ2v) is 9.12. The van der Waals surface area contributed by atoms with E-state index >= 15 is 0 Å². The van der Waals surface area contributed by atoms with Crippen LogP contribution < -0.4 is 10.2 Å². The zero-order valence-electron chi connectivity index (χ0n) is 18.8. The second kappa shape index (κ2) is 9.85. The Morgan fingerprint density at radius 1 is 1.03 bits per heavy atom. The van der Waals surface area contributed by atoms with E-state index in [1.54, 1.807) is 6.07 Å². The van der Waals surface area contributed by atoms with Crippen molar-refractivity contribution in [2.45, 2.75) is 25.9 Å². The largest absolute Gasteiger partial charge is 0.352 e. The maximum Gasteiger partial charge on any atom is 0.223 e. The van der Waals surface area contributed by atoms with Gasteiger partial charge in [0, 0.05) is 36.1 Å². The lowest BCUT2D eigenvalue weighted by Crippen LogP contribution is -2.41. The van der Waals surface area contributed by atoms with Gasteiger partial charge in [0.05, 0.1) is 17.6 Å². The van der Waals surface area contributed by atoms with Gasteiger partial charge < -0.3 is 14.8 Å². The molecule has 0 aliphatic carbocycles. The summed E-state index contributed by atoms with van der Waals surface area (Å²) in [6, 6.07) is 22.3. The third-order valence-electron chi connectivity index (χ3n) is 6.43. The molecule has 0 saturated carbocycles. The summed E-state index contributed by atoms with van der Waals surface area (Å²) in [5, 5.41) is 3.71. The molecule has 7 heteroatoms. The van der Waals surface area contributed by atoms with Gasteiger partial charge in [0.15, 0.2) is 0 Å². The summed E-state index contributed by atoms with van der Waals surface area (Å²) in [7, 11) is 0. The van der Waals surface area contributed by atoms with E-state index in [1.807, 2.05) is 60.7 Å². The van der Waals surface area contributed by atoms with Crippen LogP contribution in [0.3, 0.4) is 0 Å². The molecule has 1 aliphatic heterocycles.